The topological polar surface area (TPSA) is 17.8 Å². The van der Waals surface area contributed by atoms with Crippen molar-refractivity contribution in [3.63, 3.8) is 0 Å². The van der Waals surface area contributed by atoms with E-state index in [9.17, 15) is 12.9 Å². The van der Waals surface area contributed by atoms with E-state index in [-0.39, 0.29) is 51.4 Å². The van der Waals surface area contributed by atoms with Crippen LogP contribution in [0.1, 0.15) is 30.1 Å². The van der Waals surface area contributed by atoms with Crippen LogP contribution in [0.5, 0.6) is 0 Å². The third-order valence-electron chi connectivity index (χ3n) is 2.81. The van der Waals surface area contributed by atoms with Gasteiger partial charge in [0.15, 0.2) is 0 Å². The molecule has 1 aliphatic rings. The first kappa shape index (κ1) is 14.8. The number of hydrogen-bond acceptors (Lipinski definition) is 1. The average Bonchev–Trinajstić information content (AvgIpc) is 2.41. The summed E-state index contributed by atoms with van der Waals surface area (Å²) in [4.78, 5) is 4.21. The van der Waals surface area contributed by atoms with Crippen LogP contribution < -0.4 is 51.4 Å². The largest absolute Gasteiger partial charge is 1.00 e. The monoisotopic (exact) mass is 256 g/mol. The maximum atomic E-state index is 12.4. The fraction of sp³-hybridized carbons (Fsp3) is 0.667. The summed E-state index contributed by atoms with van der Waals surface area (Å²) >= 11 is 0. The van der Waals surface area contributed by atoms with Crippen LogP contribution in [0.15, 0.2) is 0 Å². The summed E-state index contributed by atoms with van der Waals surface area (Å²) < 4.78 is 38.5. The van der Waals surface area contributed by atoms with Gasteiger partial charge in [0.2, 0.25) is 0 Å². The summed E-state index contributed by atoms with van der Waals surface area (Å²) in [6.45, 7) is -3.12. The van der Waals surface area contributed by atoms with Gasteiger partial charge in [-0.15, -0.1) is 0 Å². The maximum Gasteiger partial charge on any atom is 1.00 e. The molecule has 84 valence electrons. The van der Waals surface area contributed by atoms with Gasteiger partial charge >= 0.3 is 58.4 Å². The molecule has 2 rings (SSSR count). The molecule has 0 N–H and O–H groups in total. The molecule has 0 radical (unpaired) electrons. The van der Waals surface area contributed by atoms with E-state index in [0.29, 0.717) is 5.82 Å². The van der Waals surface area contributed by atoms with E-state index in [4.69, 9.17) is 0 Å². The van der Waals surface area contributed by atoms with Gasteiger partial charge in [0.05, 0.1) is 5.69 Å². The summed E-state index contributed by atoms with van der Waals surface area (Å²) in [7, 11) is 0. The number of fused-ring (bicyclic) bond motifs is 1. The van der Waals surface area contributed by atoms with Gasteiger partial charge in [0, 0.05) is 5.69 Å². The number of nitrogens with zero attached hydrogens (tertiary/aromatic N) is 2. The minimum absolute atomic E-state index is 0. The molecular weight excluding hydrogens is 243 g/mol. The van der Waals surface area contributed by atoms with Gasteiger partial charge in [0.1, 0.15) is 5.82 Å². The molecule has 1 heterocycles. The van der Waals surface area contributed by atoms with Gasteiger partial charge < -0.3 is 17.5 Å². The van der Waals surface area contributed by atoms with E-state index in [1.165, 1.54) is 4.57 Å². The predicted molar refractivity (Wildman–Crippen MR) is 52.7 cm³/mol. The first-order valence-corrected chi connectivity index (χ1v) is 5.23. The van der Waals surface area contributed by atoms with Crippen LogP contribution in [-0.4, -0.2) is 16.5 Å². The smallest absolute Gasteiger partial charge is 0.448 e. The summed E-state index contributed by atoms with van der Waals surface area (Å²) in [5.41, 5.74) is 1.68. The van der Waals surface area contributed by atoms with Crippen LogP contribution in [0.4, 0.5) is 12.9 Å². The van der Waals surface area contributed by atoms with Crippen molar-refractivity contribution in [2.75, 3.05) is 0 Å². The molecule has 0 saturated heterocycles. The number of hydrogen-bond donors (Lipinski definition) is 0. The molecule has 1 aromatic rings. The number of aromatic nitrogens is 2. The zero-order chi connectivity index (χ0) is 11.1. The van der Waals surface area contributed by atoms with Crippen molar-refractivity contribution >= 4 is 6.98 Å². The maximum absolute atomic E-state index is 12.4. The molecule has 0 unspecified atom stereocenters. The van der Waals surface area contributed by atoms with Crippen LogP contribution in [0.25, 0.3) is 0 Å². The Morgan fingerprint density at radius 1 is 1.25 bits per heavy atom. The zero-order valence-electron chi connectivity index (χ0n) is 9.64. The number of aryl methyl sites for hydroxylation is 2. The van der Waals surface area contributed by atoms with Crippen LogP contribution in [0.2, 0.25) is 0 Å². The second-order valence-electron chi connectivity index (χ2n) is 4.08. The number of halogens is 3. The second kappa shape index (κ2) is 5.56. The fourth-order valence-corrected chi connectivity index (χ4v) is 2.18. The molecular formula is C9H13BF3KN2. The quantitative estimate of drug-likeness (QED) is 0.650. The van der Waals surface area contributed by atoms with Crippen LogP contribution in [-0.2, 0) is 19.3 Å². The summed E-state index contributed by atoms with van der Waals surface area (Å²) in [5.74, 6) is 0.501. The minimum atomic E-state index is -4.77. The molecule has 0 fully saturated rings. The fourth-order valence-electron chi connectivity index (χ4n) is 2.18. The standard InChI is InChI=1S/C9H13BF3N2.K/c1-7-14-8-4-2-3-5-9(8)15(7)6-10(11,12)13;/h2-6H2,1H3;/q-1;+1. The summed E-state index contributed by atoms with van der Waals surface area (Å²) in [6.07, 6.45) is 2.74. The zero-order valence-corrected chi connectivity index (χ0v) is 12.8. The average molecular weight is 256 g/mol. The molecule has 0 atom stereocenters. The molecule has 0 bridgehead atoms. The van der Waals surface area contributed by atoms with Gasteiger partial charge in [-0.05, 0) is 39.1 Å². The Morgan fingerprint density at radius 2 is 1.88 bits per heavy atom. The SMILES string of the molecule is Cc1nc2c(n1C[B-](F)(F)F)CCCC2.[K+]. The van der Waals surface area contributed by atoms with E-state index in [0.717, 1.165) is 37.1 Å². The van der Waals surface area contributed by atoms with E-state index in [2.05, 4.69) is 4.98 Å². The van der Waals surface area contributed by atoms with Gasteiger partial charge in [-0.25, -0.2) is 4.98 Å². The normalized spacial score (nSPS) is 15.5. The van der Waals surface area contributed by atoms with Crippen molar-refractivity contribution in [2.45, 2.75) is 39.1 Å². The number of imidazole rings is 1. The molecule has 0 amide bonds. The number of rotatable bonds is 2. The van der Waals surface area contributed by atoms with Crippen molar-refractivity contribution in [1.29, 1.82) is 0 Å². The van der Waals surface area contributed by atoms with Crippen LogP contribution in [0.3, 0.4) is 0 Å². The molecule has 1 aromatic heterocycles. The Hall–Kier alpha value is 0.701. The minimum Gasteiger partial charge on any atom is -0.448 e. The molecule has 2 nitrogen and oxygen atoms in total. The Bertz CT molecular complexity index is 376. The molecule has 0 aliphatic heterocycles. The van der Waals surface area contributed by atoms with Crippen molar-refractivity contribution in [1.82, 2.24) is 9.55 Å². The molecule has 7 heteroatoms. The van der Waals surface area contributed by atoms with Crippen LogP contribution in [0, 0.1) is 6.92 Å². The Kier molecular flexibility index (Phi) is 5.13. The van der Waals surface area contributed by atoms with Crippen LogP contribution >= 0.6 is 0 Å². The Balaban J connectivity index is 0.00000128. The summed E-state index contributed by atoms with van der Waals surface area (Å²) in [5, 5.41) is 0. The first-order valence-electron chi connectivity index (χ1n) is 5.23. The van der Waals surface area contributed by atoms with E-state index in [1.807, 2.05) is 0 Å². The Labute approximate surface area is 135 Å². The molecule has 0 spiro atoms. The molecule has 0 aromatic carbocycles. The van der Waals surface area contributed by atoms with E-state index in [1.54, 1.807) is 6.92 Å². The van der Waals surface area contributed by atoms with Gasteiger partial charge in [-0.3, -0.25) is 0 Å². The predicted octanol–water partition coefficient (Wildman–Crippen LogP) is -0.539. The van der Waals surface area contributed by atoms with E-state index >= 15 is 0 Å². The molecule has 1 aliphatic carbocycles. The molecule has 0 saturated carbocycles. The van der Waals surface area contributed by atoms with Gasteiger partial charge in [0.25, 0.3) is 0 Å². The van der Waals surface area contributed by atoms with Gasteiger partial charge in [-0.2, -0.15) is 0 Å². The first-order chi connectivity index (χ1) is 6.97. The van der Waals surface area contributed by atoms with Gasteiger partial charge in [-0.1, -0.05) is 0 Å². The van der Waals surface area contributed by atoms with E-state index < -0.39 is 13.4 Å². The van der Waals surface area contributed by atoms with Crippen molar-refractivity contribution in [3.8, 4) is 0 Å². The third-order valence-corrected chi connectivity index (χ3v) is 2.81. The second-order valence-corrected chi connectivity index (χ2v) is 4.08. The summed E-state index contributed by atoms with van der Waals surface area (Å²) in [6, 6.07) is 0. The van der Waals surface area contributed by atoms with Crippen molar-refractivity contribution in [2.24, 2.45) is 0 Å². The van der Waals surface area contributed by atoms with Crippen molar-refractivity contribution in [3.05, 3.63) is 17.2 Å². The molecule has 16 heavy (non-hydrogen) atoms. The van der Waals surface area contributed by atoms with Crippen molar-refractivity contribution < 1.29 is 64.3 Å². The Morgan fingerprint density at radius 3 is 2.50 bits per heavy atom. The third kappa shape index (κ3) is 3.35.